The zero-order chi connectivity index (χ0) is 30.2. The molecule has 3 rings (SSSR count). The van der Waals surface area contributed by atoms with Crippen LogP contribution >= 0.6 is 0 Å². The summed E-state index contributed by atoms with van der Waals surface area (Å²) in [6, 6.07) is 3.52. The van der Waals surface area contributed by atoms with Crippen LogP contribution in [0, 0.1) is 0 Å². The third kappa shape index (κ3) is 10.9. The third-order valence-electron chi connectivity index (χ3n) is 6.78. The molecule has 3 N–H and O–H groups in total. The molecule has 0 bridgehead atoms. The number of unbranched alkanes of at least 4 members (excludes halogenated alkanes) is 1. The molecule has 1 aliphatic carbocycles. The number of rotatable bonds is 14. The maximum atomic E-state index is 13.7. The highest BCUT2D eigenvalue weighted by Crippen LogP contribution is 2.27. The lowest BCUT2D eigenvalue weighted by molar-refractivity contribution is 0.0965. The van der Waals surface area contributed by atoms with E-state index in [1.807, 2.05) is 44.4 Å². The van der Waals surface area contributed by atoms with E-state index in [1.54, 1.807) is 30.6 Å². The molecule has 2 heterocycles. The number of fused-ring (bicyclic) bond motifs is 1. The molecular weight excluding hydrogens is 527 g/mol. The van der Waals surface area contributed by atoms with Crippen molar-refractivity contribution in [2.45, 2.75) is 66.2 Å². The Morgan fingerprint density at radius 2 is 1.93 bits per heavy atom. The van der Waals surface area contributed by atoms with Gasteiger partial charge in [-0.1, -0.05) is 37.6 Å². The van der Waals surface area contributed by atoms with Gasteiger partial charge in [-0.2, -0.15) is 0 Å². The Hall–Kier alpha value is -4.33. The molecule has 1 amide bonds. The van der Waals surface area contributed by atoms with Crippen LogP contribution in [0.15, 0.2) is 111 Å². The number of halogens is 1. The largest absolute Gasteiger partial charge is 0.385 e. The lowest BCUT2D eigenvalue weighted by Gasteiger charge is -2.12. The van der Waals surface area contributed by atoms with Gasteiger partial charge in [0.25, 0.3) is 5.91 Å². The number of nitrogens with zero attached hydrogens (tertiary/aromatic N) is 3. The second kappa shape index (κ2) is 17.5. The first-order chi connectivity index (χ1) is 20.4. The first-order valence-electron chi connectivity index (χ1n) is 14.7. The quantitative estimate of drug-likeness (QED) is 0.122. The minimum absolute atomic E-state index is 0.184. The van der Waals surface area contributed by atoms with Crippen molar-refractivity contribution < 1.29 is 9.18 Å². The maximum Gasteiger partial charge on any atom is 0.256 e. The Morgan fingerprint density at radius 3 is 2.67 bits per heavy atom. The van der Waals surface area contributed by atoms with Gasteiger partial charge in [0.2, 0.25) is 0 Å². The van der Waals surface area contributed by atoms with Crippen molar-refractivity contribution in [1.29, 1.82) is 0 Å². The number of hydrogen-bond donors (Lipinski definition) is 3. The minimum Gasteiger partial charge on any atom is -0.385 e. The smallest absolute Gasteiger partial charge is 0.256 e. The molecule has 0 fully saturated rings. The van der Waals surface area contributed by atoms with Gasteiger partial charge in [0.15, 0.2) is 0 Å². The first kappa shape index (κ1) is 32.2. The van der Waals surface area contributed by atoms with Gasteiger partial charge in [-0.05, 0) is 81.5 Å². The van der Waals surface area contributed by atoms with Crippen molar-refractivity contribution in [2.75, 3.05) is 18.4 Å². The van der Waals surface area contributed by atoms with Gasteiger partial charge in [-0.15, -0.1) is 0 Å². The van der Waals surface area contributed by atoms with Crippen LogP contribution in [0.1, 0.15) is 76.6 Å². The molecule has 42 heavy (non-hydrogen) atoms. The number of carbonyl (C=O) groups is 1. The van der Waals surface area contributed by atoms with Crippen molar-refractivity contribution >= 4 is 24.2 Å². The van der Waals surface area contributed by atoms with E-state index in [4.69, 9.17) is 0 Å². The van der Waals surface area contributed by atoms with Gasteiger partial charge in [0, 0.05) is 61.6 Å². The fraction of sp³-hybridized carbons (Fsp3) is 0.353. The van der Waals surface area contributed by atoms with Crippen molar-refractivity contribution in [3.63, 3.8) is 0 Å². The molecule has 1 aromatic rings. The number of pyridine rings is 1. The zero-order valence-electron chi connectivity index (χ0n) is 25.2. The Labute approximate surface area is 249 Å². The highest BCUT2D eigenvalue weighted by atomic mass is 19.1. The van der Waals surface area contributed by atoms with Crippen LogP contribution < -0.4 is 16.0 Å². The summed E-state index contributed by atoms with van der Waals surface area (Å²) in [6.07, 6.45) is 22.9. The van der Waals surface area contributed by atoms with E-state index in [2.05, 4.69) is 50.8 Å². The summed E-state index contributed by atoms with van der Waals surface area (Å²) in [7, 11) is 0. The highest BCUT2D eigenvalue weighted by Gasteiger charge is 2.13. The summed E-state index contributed by atoms with van der Waals surface area (Å²) < 4.78 is 13.7. The lowest BCUT2D eigenvalue weighted by atomic mass is 10.1. The van der Waals surface area contributed by atoms with Crippen LogP contribution in [0.5, 0.6) is 0 Å². The summed E-state index contributed by atoms with van der Waals surface area (Å²) in [5.41, 5.74) is 6.43. The van der Waals surface area contributed by atoms with E-state index in [-0.39, 0.29) is 18.2 Å². The van der Waals surface area contributed by atoms with E-state index >= 15 is 0 Å². The Bertz CT molecular complexity index is 1360. The van der Waals surface area contributed by atoms with Crippen molar-refractivity contribution in [3.05, 3.63) is 106 Å². The van der Waals surface area contributed by atoms with Gasteiger partial charge < -0.3 is 16.0 Å². The molecule has 0 saturated carbocycles. The standard InChI is InChI=1S/C34H43FN6O/c1-5-26(23-38-30(6-2)18-20-36-7-3)11-9-8-10-25(4)40-34(42)28-13-17-33(39-24-28)41-31-19-21-37-32-16-15-29(35)14-12-27(32)22-31/h10-13,15-21,24,38H,5-9,14,22-23H2,1-4H3,(H,39,41)(H,40,42)/b25-10?,26-11+,30-18+,36-20-. The fourth-order valence-electron chi connectivity index (χ4n) is 4.29. The SMILES string of the molecule is CC/N=C\C=C(/CC)NC/C(=C/CCC=C(C)NC(=O)c1ccc(NC2=CC=NC3=CC=C(F)CC=C3C2)nc1)CC. The summed E-state index contributed by atoms with van der Waals surface area (Å²) in [4.78, 5) is 25.8. The predicted octanol–water partition coefficient (Wildman–Crippen LogP) is 7.64. The topological polar surface area (TPSA) is 90.8 Å². The monoisotopic (exact) mass is 570 g/mol. The number of hydrogen-bond acceptors (Lipinski definition) is 6. The van der Waals surface area contributed by atoms with E-state index in [9.17, 15) is 9.18 Å². The number of allylic oxidation sites excluding steroid dienone is 12. The third-order valence-corrected chi connectivity index (χ3v) is 6.78. The van der Waals surface area contributed by atoms with Crippen molar-refractivity contribution in [3.8, 4) is 0 Å². The van der Waals surface area contributed by atoms with Crippen LogP contribution in [-0.4, -0.2) is 36.4 Å². The molecule has 0 spiro atoms. The van der Waals surface area contributed by atoms with Crippen LogP contribution in [0.2, 0.25) is 0 Å². The van der Waals surface area contributed by atoms with Crippen LogP contribution in [0.25, 0.3) is 0 Å². The molecule has 2 aliphatic rings. The normalized spacial score (nSPS) is 16.1. The number of aromatic nitrogens is 1. The number of aliphatic imine (C=N–C) groups is 2. The average Bonchev–Trinajstić information content (AvgIpc) is 3.29. The second-order valence-electron chi connectivity index (χ2n) is 9.98. The molecule has 1 aromatic heterocycles. The summed E-state index contributed by atoms with van der Waals surface area (Å²) in [5.74, 6) is 0.236. The van der Waals surface area contributed by atoms with Gasteiger partial charge in [0.05, 0.1) is 11.3 Å². The summed E-state index contributed by atoms with van der Waals surface area (Å²) >= 11 is 0. The fourth-order valence-corrected chi connectivity index (χ4v) is 4.29. The molecule has 0 aromatic carbocycles. The Balaban J connectivity index is 1.47. The van der Waals surface area contributed by atoms with Gasteiger partial charge >= 0.3 is 0 Å². The van der Waals surface area contributed by atoms with E-state index < -0.39 is 0 Å². The minimum atomic E-state index is -0.198. The Kier molecular flexibility index (Phi) is 13.4. The second-order valence-corrected chi connectivity index (χ2v) is 9.98. The number of nitrogens with one attached hydrogen (secondary N) is 3. The molecular formula is C34H43FN6O. The number of anilines is 1. The van der Waals surface area contributed by atoms with Crippen LogP contribution in [0.4, 0.5) is 10.2 Å². The average molecular weight is 571 g/mol. The number of amides is 1. The van der Waals surface area contributed by atoms with E-state index in [0.29, 0.717) is 17.8 Å². The molecule has 0 saturated heterocycles. The molecule has 1 aliphatic heterocycles. The van der Waals surface area contributed by atoms with Crippen molar-refractivity contribution in [2.24, 2.45) is 9.98 Å². The summed E-state index contributed by atoms with van der Waals surface area (Å²) in [5, 5.41) is 9.75. The molecule has 0 unspecified atom stereocenters. The van der Waals surface area contributed by atoms with E-state index in [1.165, 1.54) is 17.3 Å². The molecule has 222 valence electrons. The van der Waals surface area contributed by atoms with Crippen LogP contribution in [-0.2, 0) is 0 Å². The highest BCUT2D eigenvalue weighted by molar-refractivity contribution is 5.95. The predicted molar refractivity (Wildman–Crippen MR) is 173 cm³/mol. The molecule has 8 heteroatoms. The van der Waals surface area contributed by atoms with Crippen LogP contribution in [0.3, 0.4) is 0 Å². The summed E-state index contributed by atoms with van der Waals surface area (Å²) in [6.45, 7) is 9.84. The van der Waals surface area contributed by atoms with Crippen molar-refractivity contribution in [1.82, 2.24) is 15.6 Å². The van der Waals surface area contributed by atoms with Gasteiger partial charge in [0.1, 0.15) is 11.6 Å². The molecule has 0 atom stereocenters. The molecule has 0 radical (unpaired) electrons. The van der Waals surface area contributed by atoms with E-state index in [0.717, 1.165) is 61.4 Å². The lowest BCUT2D eigenvalue weighted by Crippen LogP contribution is -2.21. The first-order valence-corrected chi connectivity index (χ1v) is 14.7. The van der Waals surface area contributed by atoms with Gasteiger partial charge in [-0.3, -0.25) is 14.8 Å². The number of carbonyl (C=O) groups excluding carboxylic acids is 1. The van der Waals surface area contributed by atoms with Gasteiger partial charge in [-0.25, -0.2) is 9.37 Å². The zero-order valence-corrected chi connectivity index (χ0v) is 25.2. The molecule has 7 nitrogen and oxygen atoms in total. The Morgan fingerprint density at radius 1 is 1.10 bits per heavy atom. The maximum absolute atomic E-state index is 13.7.